The summed E-state index contributed by atoms with van der Waals surface area (Å²) in [5, 5.41) is 0. The molecule has 0 amide bonds. The zero-order valence-corrected chi connectivity index (χ0v) is 21.0. The summed E-state index contributed by atoms with van der Waals surface area (Å²) in [5.74, 6) is 0.884. The van der Waals surface area contributed by atoms with Crippen LogP contribution in [-0.2, 0) is 0 Å². The van der Waals surface area contributed by atoms with E-state index < -0.39 is 0 Å². The van der Waals surface area contributed by atoms with Gasteiger partial charge in [-0.05, 0) is 73.1 Å². The van der Waals surface area contributed by atoms with Crippen molar-refractivity contribution in [1.82, 2.24) is 0 Å². The number of unbranched alkanes of at least 4 members (excludes halogenated alkanes) is 1. The molecule has 0 bridgehead atoms. The molecule has 0 aromatic rings. The van der Waals surface area contributed by atoms with Crippen molar-refractivity contribution in [3.05, 3.63) is 34.4 Å². The van der Waals surface area contributed by atoms with Crippen molar-refractivity contribution in [1.29, 1.82) is 0 Å². The first-order valence-corrected chi connectivity index (χ1v) is 11.0. The van der Waals surface area contributed by atoms with E-state index in [1.54, 1.807) is 0 Å². The first kappa shape index (κ1) is 32.9. The van der Waals surface area contributed by atoms with Crippen LogP contribution in [0.1, 0.15) is 129 Å². The quantitative estimate of drug-likeness (QED) is 0.410. The van der Waals surface area contributed by atoms with Crippen LogP contribution in [0.3, 0.4) is 0 Å². The lowest BCUT2D eigenvalue weighted by Gasteiger charge is -1.94. The summed E-state index contributed by atoms with van der Waals surface area (Å²) in [4.78, 5) is 0. The van der Waals surface area contributed by atoms with Gasteiger partial charge in [0.25, 0.3) is 0 Å². The summed E-state index contributed by atoms with van der Waals surface area (Å²) in [6.07, 6.45) is 11.8. The Hall–Kier alpha value is -0.780. The maximum Gasteiger partial charge on any atom is -0.0349 e. The Morgan fingerprint density at radius 1 is 0.654 bits per heavy atom. The molecule has 0 heteroatoms. The van der Waals surface area contributed by atoms with Crippen LogP contribution in [0.5, 0.6) is 0 Å². The Balaban J connectivity index is -0.000000125. The molecule has 0 nitrogen and oxygen atoms in total. The monoisotopic (exact) mass is 366 g/mol. The highest BCUT2D eigenvalue weighted by atomic mass is 13.9. The van der Waals surface area contributed by atoms with E-state index >= 15 is 0 Å². The van der Waals surface area contributed by atoms with Gasteiger partial charge in [0.05, 0.1) is 0 Å². The number of rotatable bonds is 6. The molecule has 0 fully saturated rings. The highest BCUT2D eigenvalue weighted by molar-refractivity contribution is 5.05. The molecule has 0 aromatic heterocycles. The summed E-state index contributed by atoms with van der Waals surface area (Å²) in [6, 6.07) is 0. The predicted octanol–water partition coefficient (Wildman–Crippen LogP) is 10.3. The summed E-state index contributed by atoms with van der Waals surface area (Å²) in [5.41, 5.74) is 5.95. The van der Waals surface area contributed by atoms with Gasteiger partial charge in [-0.15, -0.1) is 0 Å². The Kier molecular flexibility index (Phi) is 33.4. The summed E-state index contributed by atoms with van der Waals surface area (Å²) < 4.78 is 0. The fourth-order valence-electron chi connectivity index (χ4n) is 1.16. The van der Waals surface area contributed by atoms with E-state index in [-0.39, 0.29) is 0 Å². The normalized spacial score (nSPS) is 9.31. The average molecular weight is 367 g/mol. The van der Waals surface area contributed by atoms with Gasteiger partial charge in [-0.3, -0.25) is 0 Å². The minimum atomic E-state index is 0.884. The molecular weight excluding hydrogens is 312 g/mol. The molecule has 0 saturated carbocycles. The van der Waals surface area contributed by atoms with Crippen molar-refractivity contribution in [2.75, 3.05) is 0 Å². The third-order valence-electron chi connectivity index (χ3n) is 4.44. The van der Waals surface area contributed by atoms with E-state index in [9.17, 15) is 0 Å². The number of hydrogen-bond acceptors (Lipinski definition) is 0. The van der Waals surface area contributed by atoms with Crippen LogP contribution < -0.4 is 0 Å². The SMILES string of the molecule is CC/C=C/CCC.CCC(C)=C(C)C.CCC(C)=C(C)C.CCC(C)C. The zero-order chi connectivity index (χ0) is 21.5. The molecule has 0 atom stereocenters. The maximum atomic E-state index is 2.24. The molecule has 158 valence electrons. The zero-order valence-electron chi connectivity index (χ0n) is 21.0. The van der Waals surface area contributed by atoms with Crippen molar-refractivity contribution in [3.63, 3.8) is 0 Å². The second-order valence-electron chi connectivity index (χ2n) is 7.74. The van der Waals surface area contributed by atoms with Crippen LogP contribution in [-0.4, -0.2) is 0 Å². The van der Waals surface area contributed by atoms with Gasteiger partial charge in [-0.1, -0.05) is 95.8 Å². The van der Waals surface area contributed by atoms with E-state index in [0.717, 1.165) is 5.92 Å². The van der Waals surface area contributed by atoms with Crippen LogP contribution in [0.4, 0.5) is 0 Å². The lowest BCUT2D eigenvalue weighted by molar-refractivity contribution is 0.626. The molecule has 0 rings (SSSR count). The second kappa shape index (κ2) is 26.4. The Morgan fingerprint density at radius 2 is 1.00 bits per heavy atom. The van der Waals surface area contributed by atoms with Crippen molar-refractivity contribution in [2.45, 2.75) is 129 Å². The average Bonchev–Trinajstić information content (AvgIpc) is 2.62. The second-order valence-corrected chi connectivity index (χ2v) is 7.74. The van der Waals surface area contributed by atoms with Gasteiger partial charge in [0, 0.05) is 0 Å². The van der Waals surface area contributed by atoms with Gasteiger partial charge in [-0.2, -0.15) is 0 Å². The van der Waals surface area contributed by atoms with Crippen LogP contribution in [0.25, 0.3) is 0 Å². The lowest BCUT2D eigenvalue weighted by Crippen LogP contribution is -1.77. The van der Waals surface area contributed by atoms with E-state index in [1.807, 2.05) is 0 Å². The third kappa shape index (κ3) is 38.7. The number of allylic oxidation sites excluding steroid dienone is 6. The summed E-state index contributed by atoms with van der Waals surface area (Å²) in [6.45, 7) is 28.3. The summed E-state index contributed by atoms with van der Waals surface area (Å²) in [7, 11) is 0. The van der Waals surface area contributed by atoms with Crippen molar-refractivity contribution in [3.8, 4) is 0 Å². The molecule has 0 spiro atoms. The predicted molar refractivity (Wildman–Crippen MR) is 128 cm³/mol. The third-order valence-corrected chi connectivity index (χ3v) is 4.44. The molecule has 0 saturated heterocycles. The molecule has 0 aliphatic rings. The van der Waals surface area contributed by atoms with E-state index in [2.05, 4.69) is 102 Å². The lowest BCUT2D eigenvalue weighted by atomic mass is 10.1. The van der Waals surface area contributed by atoms with Crippen molar-refractivity contribution >= 4 is 0 Å². The van der Waals surface area contributed by atoms with Crippen molar-refractivity contribution in [2.24, 2.45) is 5.92 Å². The first-order chi connectivity index (χ1) is 12.0. The van der Waals surface area contributed by atoms with E-state index in [1.165, 1.54) is 60.8 Å². The van der Waals surface area contributed by atoms with Crippen LogP contribution in [0, 0.1) is 5.92 Å². The molecule has 0 unspecified atom stereocenters. The summed E-state index contributed by atoms with van der Waals surface area (Å²) >= 11 is 0. The fourth-order valence-corrected chi connectivity index (χ4v) is 1.16. The molecule has 0 N–H and O–H groups in total. The highest BCUT2D eigenvalue weighted by Crippen LogP contribution is 2.04. The largest absolute Gasteiger partial charge is 0.0888 e. The van der Waals surface area contributed by atoms with Crippen LogP contribution >= 0.6 is 0 Å². The molecule has 0 aliphatic carbocycles. The van der Waals surface area contributed by atoms with Crippen molar-refractivity contribution < 1.29 is 0 Å². The minimum Gasteiger partial charge on any atom is -0.0888 e. The Labute approximate surface area is 169 Å². The van der Waals surface area contributed by atoms with E-state index in [4.69, 9.17) is 0 Å². The number of hydrogen-bond donors (Lipinski definition) is 0. The molecule has 0 aromatic carbocycles. The topological polar surface area (TPSA) is 0 Å². The smallest absolute Gasteiger partial charge is 0.0349 e. The van der Waals surface area contributed by atoms with E-state index in [0.29, 0.717) is 0 Å². The highest BCUT2D eigenvalue weighted by Gasteiger charge is 1.83. The molecule has 26 heavy (non-hydrogen) atoms. The van der Waals surface area contributed by atoms with Gasteiger partial charge in [0.1, 0.15) is 0 Å². The first-order valence-electron chi connectivity index (χ1n) is 11.0. The van der Waals surface area contributed by atoms with Crippen LogP contribution in [0.15, 0.2) is 34.4 Å². The molecule has 0 heterocycles. The standard InChI is InChI=1S/3C7H14.C5H12/c2*1-5-7(4)6(2)3;1-3-5-7-6-4-2;1-4-5(2)3/h2*5H2,1-4H3;5,7H,3-4,6H2,1-2H3;5H,4H2,1-3H3/b;;7-5+;. The molecular formula is C26H54. The Bertz CT molecular complexity index is 318. The maximum absolute atomic E-state index is 2.24. The minimum absolute atomic E-state index is 0.884. The fraction of sp³-hybridized carbons (Fsp3) is 0.769. The van der Waals surface area contributed by atoms with Gasteiger partial charge in [0.15, 0.2) is 0 Å². The van der Waals surface area contributed by atoms with Gasteiger partial charge < -0.3 is 0 Å². The molecule has 0 radical (unpaired) electrons. The molecule has 0 aliphatic heterocycles. The Morgan fingerprint density at radius 3 is 1.12 bits per heavy atom. The van der Waals surface area contributed by atoms with Crippen LogP contribution in [0.2, 0.25) is 0 Å². The van der Waals surface area contributed by atoms with Gasteiger partial charge >= 0.3 is 0 Å². The van der Waals surface area contributed by atoms with Gasteiger partial charge in [0.2, 0.25) is 0 Å². The van der Waals surface area contributed by atoms with Gasteiger partial charge in [-0.25, -0.2) is 0 Å².